The molecule has 132 valence electrons. The highest BCUT2D eigenvalue weighted by molar-refractivity contribution is 7.15. The fourth-order valence-electron chi connectivity index (χ4n) is 3.55. The van der Waals surface area contributed by atoms with Crippen molar-refractivity contribution in [2.75, 3.05) is 18.4 Å². The van der Waals surface area contributed by atoms with Gasteiger partial charge < -0.3 is 10.1 Å². The normalized spacial score (nSPS) is 23.0. The number of carbonyl (C=O) groups excluding carboxylic acids is 1. The van der Waals surface area contributed by atoms with Gasteiger partial charge in [0.1, 0.15) is 11.9 Å². The minimum absolute atomic E-state index is 0.257. The third-order valence-electron chi connectivity index (χ3n) is 4.56. The van der Waals surface area contributed by atoms with Crippen LogP contribution >= 0.6 is 11.3 Å². The molecule has 1 saturated heterocycles. The Labute approximate surface area is 148 Å². The number of anilines is 1. The van der Waals surface area contributed by atoms with Gasteiger partial charge in [-0.3, -0.25) is 9.69 Å². The maximum Gasteiger partial charge on any atom is 0.230 e. The van der Waals surface area contributed by atoms with Crippen molar-refractivity contribution in [3.8, 4) is 0 Å². The summed E-state index contributed by atoms with van der Waals surface area (Å²) in [7, 11) is 0. The third-order valence-corrected chi connectivity index (χ3v) is 5.49. The number of nitrogens with one attached hydrogen (secondary N) is 1. The number of likely N-dealkylation sites (tertiary alicyclic amines) is 1. The van der Waals surface area contributed by atoms with Gasteiger partial charge in [-0.15, -0.1) is 0 Å². The maximum absolute atomic E-state index is 14.1. The maximum atomic E-state index is 14.1. The Kier molecular flexibility index (Phi) is 4.22. The summed E-state index contributed by atoms with van der Waals surface area (Å²) in [6.45, 7) is 3.85. The summed E-state index contributed by atoms with van der Waals surface area (Å²) in [5.41, 5.74) is 1.55. The fraction of sp³-hybridized carbons (Fsp3) is 0.500. The number of hydrogen-bond donors (Lipinski definition) is 1. The van der Waals surface area contributed by atoms with Crippen molar-refractivity contribution in [1.82, 2.24) is 19.9 Å². The van der Waals surface area contributed by atoms with Crippen LogP contribution in [-0.4, -0.2) is 38.8 Å². The van der Waals surface area contributed by atoms with Crippen molar-refractivity contribution >= 4 is 22.4 Å². The van der Waals surface area contributed by atoms with Crippen LogP contribution in [0.5, 0.6) is 0 Å². The van der Waals surface area contributed by atoms with E-state index in [0.29, 0.717) is 29.7 Å². The lowest BCUT2D eigenvalue weighted by Crippen LogP contribution is -2.46. The van der Waals surface area contributed by atoms with Crippen LogP contribution in [-0.2, 0) is 28.3 Å². The summed E-state index contributed by atoms with van der Waals surface area (Å²) in [4.78, 5) is 26.1. The van der Waals surface area contributed by atoms with E-state index in [9.17, 15) is 9.18 Å². The topological polar surface area (TPSA) is 80.2 Å². The molecule has 0 saturated carbocycles. The number of carbonyl (C=O) groups is 1. The fourth-order valence-corrected chi connectivity index (χ4v) is 4.48. The van der Waals surface area contributed by atoms with Gasteiger partial charge in [0.05, 0.1) is 17.2 Å². The zero-order valence-corrected chi connectivity index (χ0v) is 14.6. The second kappa shape index (κ2) is 6.40. The average Bonchev–Trinajstić information content (AvgIpc) is 3.09. The van der Waals surface area contributed by atoms with E-state index in [0.717, 1.165) is 30.6 Å². The molecule has 0 bridgehead atoms. The summed E-state index contributed by atoms with van der Waals surface area (Å²) in [6.07, 6.45) is 5.20. The lowest BCUT2D eigenvalue weighted by atomic mass is 9.89. The standard InChI is InChI=1S/C16H18FN5O2S/c1-10(23)20-15-21-14(17)12(25-15)6-22-4-2-3-16(8-22)13-11(7-24-16)5-18-9-19-13/h5,9H,2-4,6-8H2,1H3,(H,20,21,23). The van der Waals surface area contributed by atoms with Gasteiger partial charge in [-0.1, -0.05) is 11.3 Å². The summed E-state index contributed by atoms with van der Waals surface area (Å²) in [5, 5.41) is 2.83. The highest BCUT2D eigenvalue weighted by Gasteiger charge is 2.45. The average molecular weight is 363 g/mol. The number of halogens is 1. The SMILES string of the molecule is CC(=O)Nc1nc(F)c(CN2CCCC3(C2)OCc2cncnc23)s1. The molecule has 2 aromatic rings. The van der Waals surface area contributed by atoms with E-state index in [1.165, 1.54) is 18.3 Å². The molecular formula is C16H18FN5O2S. The van der Waals surface area contributed by atoms with E-state index in [4.69, 9.17) is 4.74 Å². The molecule has 9 heteroatoms. The van der Waals surface area contributed by atoms with Crippen molar-refractivity contribution in [3.05, 3.63) is 34.6 Å². The zero-order valence-electron chi connectivity index (χ0n) is 13.8. The van der Waals surface area contributed by atoms with E-state index in [-0.39, 0.29) is 5.91 Å². The van der Waals surface area contributed by atoms with Gasteiger partial charge in [-0.2, -0.15) is 9.37 Å². The number of hydrogen-bond acceptors (Lipinski definition) is 7. The van der Waals surface area contributed by atoms with Crippen LogP contribution < -0.4 is 5.32 Å². The molecule has 7 nitrogen and oxygen atoms in total. The lowest BCUT2D eigenvalue weighted by Gasteiger charge is -2.39. The van der Waals surface area contributed by atoms with E-state index in [1.807, 2.05) is 0 Å². The van der Waals surface area contributed by atoms with Gasteiger partial charge in [0, 0.05) is 31.8 Å². The van der Waals surface area contributed by atoms with Crippen molar-refractivity contribution < 1.29 is 13.9 Å². The molecule has 1 unspecified atom stereocenters. The Hall–Kier alpha value is -1.97. The summed E-state index contributed by atoms with van der Waals surface area (Å²) in [5.74, 6) is -0.781. The number of aromatic nitrogens is 3. The van der Waals surface area contributed by atoms with Crippen molar-refractivity contribution in [2.24, 2.45) is 0 Å². The quantitative estimate of drug-likeness (QED) is 0.899. The zero-order chi connectivity index (χ0) is 17.4. The van der Waals surface area contributed by atoms with Gasteiger partial charge >= 0.3 is 0 Å². The molecule has 0 aromatic carbocycles. The lowest BCUT2D eigenvalue weighted by molar-refractivity contribution is -0.114. The van der Waals surface area contributed by atoms with Gasteiger partial charge in [0.2, 0.25) is 11.9 Å². The molecule has 0 aliphatic carbocycles. The van der Waals surface area contributed by atoms with Gasteiger partial charge in [0.25, 0.3) is 0 Å². The van der Waals surface area contributed by atoms with Crippen LogP contribution in [0.2, 0.25) is 0 Å². The van der Waals surface area contributed by atoms with E-state index >= 15 is 0 Å². The number of thiazole rings is 1. The summed E-state index contributed by atoms with van der Waals surface area (Å²) in [6, 6.07) is 0. The van der Waals surface area contributed by atoms with Crippen LogP contribution in [0, 0.1) is 5.95 Å². The Morgan fingerprint density at radius 2 is 2.44 bits per heavy atom. The Balaban J connectivity index is 1.51. The minimum atomic E-state index is -0.525. The molecule has 1 fully saturated rings. The first kappa shape index (κ1) is 16.5. The molecule has 0 radical (unpaired) electrons. The van der Waals surface area contributed by atoms with E-state index in [1.54, 1.807) is 12.5 Å². The molecule has 1 atom stereocenters. The monoisotopic (exact) mass is 363 g/mol. The van der Waals surface area contributed by atoms with Crippen LogP contribution in [0.25, 0.3) is 0 Å². The summed E-state index contributed by atoms with van der Waals surface area (Å²) < 4.78 is 20.2. The number of fused-ring (bicyclic) bond motifs is 2. The van der Waals surface area contributed by atoms with Gasteiger partial charge in [-0.25, -0.2) is 9.97 Å². The van der Waals surface area contributed by atoms with Crippen molar-refractivity contribution in [3.63, 3.8) is 0 Å². The van der Waals surface area contributed by atoms with Crippen LogP contribution in [0.1, 0.15) is 35.9 Å². The number of nitrogens with zero attached hydrogens (tertiary/aromatic N) is 4. The molecule has 4 heterocycles. The molecule has 1 N–H and O–H groups in total. The van der Waals surface area contributed by atoms with Crippen LogP contribution in [0.4, 0.5) is 9.52 Å². The van der Waals surface area contributed by atoms with E-state index < -0.39 is 11.5 Å². The second-order valence-electron chi connectivity index (χ2n) is 6.41. The van der Waals surface area contributed by atoms with Gasteiger partial charge in [0.15, 0.2) is 5.13 Å². The highest BCUT2D eigenvalue weighted by Crippen LogP contribution is 2.41. The predicted octanol–water partition coefficient (Wildman–Crippen LogP) is 2.05. The first-order chi connectivity index (χ1) is 12.1. The molecule has 2 aromatic heterocycles. The molecule has 2 aliphatic rings. The second-order valence-corrected chi connectivity index (χ2v) is 7.49. The molecule has 25 heavy (non-hydrogen) atoms. The summed E-state index contributed by atoms with van der Waals surface area (Å²) >= 11 is 1.17. The highest BCUT2D eigenvalue weighted by atomic mass is 32.1. The molecular weight excluding hydrogens is 345 g/mol. The Morgan fingerprint density at radius 3 is 3.28 bits per heavy atom. The molecule has 2 aliphatic heterocycles. The number of amides is 1. The van der Waals surface area contributed by atoms with Crippen LogP contribution in [0.3, 0.4) is 0 Å². The third kappa shape index (κ3) is 3.14. The number of rotatable bonds is 3. The van der Waals surface area contributed by atoms with Crippen molar-refractivity contribution in [2.45, 2.75) is 38.5 Å². The van der Waals surface area contributed by atoms with Gasteiger partial charge in [-0.05, 0) is 19.4 Å². The number of piperidine rings is 1. The Bertz CT molecular complexity index is 810. The first-order valence-corrected chi connectivity index (χ1v) is 8.96. The molecule has 1 spiro atoms. The molecule has 4 rings (SSSR count). The minimum Gasteiger partial charge on any atom is -0.363 e. The van der Waals surface area contributed by atoms with Crippen LogP contribution in [0.15, 0.2) is 12.5 Å². The molecule has 1 amide bonds. The number of ether oxygens (including phenoxy) is 1. The Morgan fingerprint density at radius 1 is 1.56 bits per heavy atom. The van der Waals surface area contributed by atoms with Crippen molar-refractivity contribution in [1.29, 1.82) is 0 Å². The smallest absolute Gasteiger partial charge is 0.230 e. The largest absolute Gasteiger partial charge is 0.363 e. The predicted molar refractivity (Wildman–Crippen MR) is 89.4 cm³/mol. The first-order valence-electron chi connectivity index (χ1n) is 8.14. The van der Waals surface area contributed by atoms with E-state index in [2.05, 4.69) is 25.2 Å².